The summed E-state index contributed by atoms with van der Waals surface area (Å²) in [7, 11) is 0. The van der Waals surface area contributed by atoms with E-state index in [2.05, 4.69) is 79.2 Å². The van der Waals surface area contributed by atoms with Gasteiger partial charge in [0.15, 0.2) is 0 Å². The second kappa shape index (κ2) is 9.08. The molecule has 0 radical (unpaired) electrons. The monoisotopic (exact) mass is 332 g/mol. The van der Waals surface area contributed by atoms with Crippen molar-refractivity contribution in [1.82, 2.24) is 0 Å². The van der Waals surface area contributed by atoms with Crippen LogP contribution in [0.2, 0.25) is 0 Å². The first-order valence-electron chi connectivity index (χ1n) is 5.46. The van der Waals surface area contributed by atoms with Crippen LogP contribution in [-0.2, 0) is 0 Å². The highest BCUT2D eigenvalue weighted by atomic mass is 32.2. The molecule has 0 aromatic rings. The highest BCUT2D eigenvalue weighted by molar-refractivity contribution is 8.24. The second-order valence-electron chi connectivity index (χ2n) is 3.59. The van der Waals surface area contributed by atoms with Crippen molar-refractivity contribution in [1.29, 1.82) is 0 Å². The minimum atomic E-state index is 0.388. The molecule has 0 nitrogen and oxygen atoms in total. The van der Waals surface area contributed by atoms with Crippen LogP contribution in [0.3, 0.4) is 0 Å². The molecule has 0 amide bonds. The van der Waals surface area contributed by atoms with Gasteiger partial charge in [0.2, 0.25) is 0 Å². The summed E-state index contributed by atoms with van der Waals surface area (Å²) in [4.78, 5) is 0. The fourth-order valence-corrected chi connectivity index (χ4v) is 8.61. The number of rotatable bonds is 7. The first kappa shape index (κ1) is 16.2. The normalized spacial score (nSPS) is 20.2. The van der Waals surface area contributed by atoms with E-state index in [1.807, 2.05) is 0 Å². The maximum Gasteiger partial charge on any atom is 0.0792 e. The van der Waals surface area contributed by atoms with E-state index in [-0.39, 0.29) is 0 Å². The molecule has 1 aliphatic rings. The summed E-state index contributed by atoms with van der Waals surface area (Å²) >= 11 is 17.1. The van der Waals surface area contributed by atoms with Crippen molar-refractivity contribution in [2.75, 3.05) is 34.5 Å². The molecule has 0 saturated carbocycles. The fourth-order valence-electron chi connectivity index (χ4n) is 1.46. The van der Waals surface area contributed by atoms with Crippen molar-refractivity contribution in [3.05, 3.63) is 0 Å². The molecule has 6 heteroatoms. The van der Waals surface area contributed by atoms with Crippen molar-refractivity contribution in [3.63, 3.8) is 0 Å². The van der Waals surface area contributed by atoms with Gasteiger partial charge >= 0.3 is 0 Å². The predicted molar refractivity (Wildman–Crippen MR) is 94.3 cm³/mol. The van der Waals surface area contributed by atoms with Crippen molar-refractivity contribution < 1.29 is 0 Å². The topological polar surface area (TPSA) is 0 Å². The van der Waals surface area contributed by atoms with Gasteiger partial charge in [-0.1, -0.05) is 0 Å². The molecule has 0 spiro atoms. The summed E-state index contributed by atoms with van der Waals surface area (Å²) in [5, 5.41) is 0. The molecular weight excluding hydrogens is 313 g/mol. The molecule has 1 aliphatic heterocycles. The van der Waals surface area contributed by atoms with E-state index in [0.717, 1.165) is 23.0 Å². The standard InChI is InChI=1S/C10H20S6/c1-10(15-5-2-6-16-10)9(13-7-3-11)14-8-4-12/h9,11-12H,2-8H2,1H3. The summed E-state index contributed by atoms with van der Waals surface area (Å²) < 4.78 is 1.07. The molecule has 1 heterocycles. The first-order chi connectivity index (χ1) is 7.73. The molecule has 0 aromatic carbocycles. The summed E-state index contributed by atoms with van der Waals surface area (Å²) in [6, 6.07) is 0. The van der Waals surface area contributed by atoms with Crippen LogP contribution in [-0.4, -0.2) is 43.2 Å². The average molecular weight is 333 g/mol. The average Bonchev–Trinajstić information content (AvgIpc) is 2.30. The van der Waals surface area contributed by atoms with Gasteiger partial charge in [-0.3, -0.25) is 0 Å². The van der Waals surface area contributed by atoms with E-state index < -0.39 is 0 Å². The van der Waals surface area contributed by atoms with E-state index in [4.69, 9.17) is 0 Å². The van der Waals surface area contributed by atoms with Crippen LogP contribution in [0, 0.1) is 0 Å². The van der Waals surface area contributed by atoms with Crippen LogP contribution in [0.25, 0.3) is 0 Å². The van der Waals surface area contributed by atoms with Crippen LogP contribution in [0.15, 0.2) is 0 Å². The zero-order valence-electron chi connectivity index (χ0n) is 9.55. The summed E-state index contributed by atoms with van der Waals surface area (Å²) in [5.41, 5.74) is 0. The largest absolute Gasteiger partial charge is 0.179 e. The number of hydrogen-bond donors (Lipinski definition) is 2. The summed E-state index contributed by atoms with van der Waals surface area (Å²) in [5.74, 6) is 6.92. The lowest BCUT2D eigenvalue weighted by atomic mass is 10.5. The smallest absolute Gasteiger partial charge is 0.0792 e. The molecule has 1 saturated heterocycles. The maximum atomic E-state index is 4.32. The van der Waals surface area contributed by atoms with Crippen LogP contribution in [0.5, 0.6) is 0 Å². The fraction of sp³-hybridized carbons (Fsp3) is 1.00. The quantitative estimate of drug-likeness (QED) is 0.529. The van der Waals surface area contributed by atoms with Gasteiger partial charge in [-0.25, -0.2) is 0 Å². The lowest BCUT2D eigenvalue weighted by molar-refractivity contribution is 0.957. The van der Waals surface area contributed by atoms with Crippen LogP contribution >= 0.6 is 72.3 Å². The number of thiol groups is 2. The Morgan fingerprint density at radius 3 is 2.06 bits per heavy atom. The second-order valence-corrected chi connectivity index (χ2v) is 10.6. The minimum Gasteiger partial charge on any atom is -0.179 e. The zero-order chi connectivity index (χ0) is 11.9. The van der Waals surface area contributed by atoms with Crippen molar-refractivity contribution >= 4 is 72.3 Å². The van der Waals surface area contributed by atoms with E-state index in [1.165, 1.54) is 17.9 Å². The number of thioether (sulfide) groups is 4. The molecule has 0 aliphatic carbocycles. The van der Waals surface area contributed by atoms with E-state index in [1.54, 1.807) is 0 Å². The Kier molecular flexibility index (Phi) is 9.16. The molecule has 0 N–H and O–H groups in total. The van der Waals surface area contributed by atoms with Crippen LogP contribution < -0.4 is 0 Å². The van der Waals surface area contributed by atoms with Gasteiger partial charge in [0, 0.05) is 11.5 Å². The Hall–Kier alpha value is 2.10. The summed E-state index contributed by atoms with van der Waals surface area (Å²) in [6.07, 6.45) is 1.37. The van der Waals surface area contributed by atoms with E-state index in [0.29, 0.717) is 8.66 Å². The lowest BCUT2D eigenvalue weighted by Crippen LogP contribution is -2.32. The highest BCUT2D eigenvalue weighted by Crippen LogP contribution is 2.51. The van der Waals surface area contributed by atoms with E-state index >= 15 is 0 Å². The molecule has 1 fully saturated rings. The SMILES string of the molecule is CC1(C(SCCS)SCCS)SCCCS1. The lowest BCUT2D eigenvalue weighted by Gasteiger charge is -2.38. The van der Waals surface area contributed by atoms with Crippen LogP contribution in [0.4, 0.5) is 0 Å². The first-order valence-corrected chi connectivity index (χ1v) is 10.8. The van der Waals surface area contributed by atoms with Crippen molar-refractivity contribution in [2.45, 2.75) is 22.0 Å². The molecule has 0 aromatic heterocycles. The van der Waals surface area contributed by atoms with Gasteiger partial charge < -0.3 is 0 Å². The molecular formula is C10H20S6. The van der Waals surface area contributed by atoms with E-state index in [9.17, 15) is 0 Å². The minimum absolute atomic E-state index is 0.388. The predicted octanol–water partition coefficient (Wildman–Crippen LogP) is 4.22. The van der Waals surface area contributed by atoms with Gasteiger partial charge in [0.1, 0.15) is 0 Å². The third kappa shape index (κ3) is 5.39. The van der Waals surface area contributed by atoms with Gasteiger partial charge in [0.25, 0.3) is 0 Å². The Morgan fingerprint density at radius 2 is 1.62 bits per heavy atom. The van der Waals surface area contributed by atoms with Gasteiger partial charge in [-0.05, 0) is 36.4 Å². The van der Waals surface area contributed by atoms with Gasteiger partial charge in [-0.2, -0.15) is 25.3 Å². The molecule has 0 unspecified atom stereocenters. The Morgan fingerprint density at radius 1 is 1.12 bits per heavy atom. The molecule has 0 atom stereocenters. The molecule has 96 valence electrons. The molecule has 1 rings (SSSR count). The third-order valence-electron chi connectivity index (χ3n) is 2.22. The Bertz CT molecular complexity index is 172. The highest BCUT2D eigenvalue weighted by Gasteiger charge is 2.37. The Balaban J connectivity index is 2.50. The van der Waals surface area contributed by atoms with Gasteiger partial charge in [0.05, 0.1) is 8.66 Å². The molecule has 0 bridgehead atoms. The van der Waals surface area contributed by atoms with Crippen LogP contribution in [0.1, 0.15) is 13.3 Å². The maximum absolute atomic E-state index is 4.32. The summed E-state index contributed by atoms with van der Waals surface area (Å²) in [6.45, 7) is 2.42. The number of hydrogen-bond acceptors (Lipinski definition) is 6. The molecule has 16 heavy (non-hydrogen) atoms. The van der Waals surface area contributed by atoms with Gasteiger partial charge in [-0.15, -0.1) is 47.0 Å². The zero-order valence-corrected chi connectivity index (χ0v) is 14.6. The van der Waals surface area contributed by atoms with Crippen molar-refractivity contribution in [3.8, 4) is 0 Å². The Labute approximate surface area is 128 Å². The van der Waals surface area contributed by atoms with Crippen molar-refractivity contribution in [2.24, 2.45) is 0 Å². The third-order valence-corrected chi connectivity index (χ3v) is 10.4.